The molecule has 4 aromatic rings. The molecule has 0 aliphatic rings. The number of carbonyl (C=O) groups excluding carboxylic acids is 1. The summed E-state index contributed by atoms with van der Waals surface area (Å²) < 4.78 is 2.04. The number of imidazole rings is 1. The number of aromatic nitrogens is 2. The predicted octanol–water partition coefficient (Wildman–Crippen LogP) is 6.38. The molecule has 3 N–H and O–H groups in total. The highest BCUT2D eigenvalue weighted by molar-refractivity contribution is 5.90. The van der Waals surface area contributed by atoms with Crippen LogP contribution in [0.2, 0.25) is 0 Å². The quantitative estimate of drug-likeness (QED) is 0.152. The number of nitro groups is 2. The van der Waals surface area contributed by atoms with Crippen LogP contribution in [0.4, 0.5) is 21.9 Å². The van der Waals surface area contributed by atoms with Crippen molar-refractivity contribution in [3.8, 4) is 11.3 Å². The third-order valence-electron chi connectivity index (χ3n) is 6.89. The summed E-state index contributed by atoms with van der Waals surface area (Å²) in [5.41, 5.74) is 6.98. The van der Waals surface area contributed by atoms with Gasteiger partial charge >= 0.3 is 6.03 Å². The van der Waals surface area contributed by atoms with Crippen molar-refractivity contribution in [2.45, 2.75) is 39.8 Å². The minimum Gasteiger partial charge on any atom is -0.330 e. The molecule has 224 valence electrons. The maximum absolute atomic E-state index is 14.0. The Labute approximate surface area is 249 Å². The molecule has 0 saturated carbocycles. The number of urea groups is 1. The van der Waals surface area contributed by atoms with Crippen LogP contribution in [0, 0.1) is 25.6 Å². The highest BCUT2D eigenvalue weighted by Gasteiger charge is 2.38. The van der Waals surface area contributed by atoms with E-state index in [1.807, 2.05) is 92.2 Å². The molecular weight excluding hydrogens is 550 g/mol. The van der Waals surface area contributed by atoms with Crippen molar-refractivity contribution >= 4 is 23.1 Å². The molecule has 0 aliphatic carbocycles. The van der Waals surface area contributed by atoms with Crippen molar-refractivity contribution in [2.75, 3.05) is 18.4 Å². The topological polar surface area (TPSA) is 162 Å². The molecular formula is C31H35N7O5. The molecule has 12 nitrogen and oxygen atoms in total. The van der Waals surface area contributed by atoms with Gasteiger partial charge in [0.2, 0.25) is 0 Å². The summed E-state index contributed by atoms with van der Waals surface area (Å²) in [4.78, 5) is 42.1. The van der Waals surface area contributed by atoms with Crippen molar-refractivity contribution in [1.82, 2.24) is 14.5 Å². The molecule has 2 amide bonds. The van der Waals surface area contributed by atoms with Gasteiger partial charge in [-0.05, 0) is 23.9 Å². The van der Waals surface area contributed by atoms with E-state index in [2.05, 4.69) is 5.32 Å². The van der Waals surface area contributed by atoms with Gasteiger partial charge in [0.1, 0.15) is 5.82 Å². The zero-order chi connectivity index (χ0) is 31.1. The molecule has 0 aliphatic heterocycles. The van der Waals surface area contributed by atoms with E-state index in [9.17, 15) is 25.0 Å². The molecule has 4 rings (SSSR count). The lowest BCUT2D eigenvalue weighted by Gasteiger charge is -2.40. The number of nitrogens with one attached hydrogen (secondary N) is 1. The number of anilines is 1. The molecule has 12 heteroatoms. The van der Waals surface area contributed by atoms with E-state index < -0.39 is 38.7 Å². The number of hydrogen-bond donors (Lipinski definition) is 2. The van der Waals surface area contributed by atoms with Crippen molar-refractivity contribution in [1.29, 1.82) is 0 Å². The van der Waals surface area contributed by atoms with Gasteiger partial charge in [-0.1, -0.05) is 81.4 Å². The second-order valence-corrected chi connectivity index (χ2v) is 11.3. The lowest BCUT2D eigenvalue weighted by molar-refractivity contribution is -0.394. The number of non-ortho nitro benzene ring substituents is 2. The number of carbonyl (C=O) groups is 1. The fraction of sp³-hybridized carbons (Fsp3) is 0.290. The molecule has 1 atom stereocenters. The number of nitrogens with zero attached hydrogens (tertiary/aromatic N) is 5. The minimum atomic E-state index is -0.738. The number of benzene rings is 3. The summed E-state index contributed by atoms with van der Waals surface area (Å²) in [7, 11) is 0. The molecule has 3 aromatic carbocycles. The van der Waals surface area contributed by atoms with Crippen LogP contribution in [-0.4, -0.2) is 43.4 Å². The Morgan fingerprint density at radius 1 is 0.977 bits per heavy atom. The number of nitro benzene ring substituents is 2. The first kappa shape index (κ1) is 30.8. The molecule has 0 spiro atoms. The Bertz CT molecular complexity index is 1550. The molecule has 0 fully saturated rings. The van der Waals surface area contributed by atoms with Crippen molar-refractivity contribution in [3.05, 3.63) is 117 Å². The Morgan fingerprint density at radius 3 is 2.09 bits per heavy atom. The monoisotopic (exact) mass is 585 g/mol. The third kappa shape index (κ3) is 7.60. The van der Waals surface area contributed by atoms with Gasteiger partial charge in [-0.25, -0.2) is 9.78 Å². The normalized spacial score (nSPS) is 12.0. The van der Waals surface area contributed by atoms with Gasteiger partial charge in [-0.3, -0.25) is 20.2 Å². The van der Waals surface area contributed by atoms with E-state index >= 15 is 0 Å². The van der Waals surface area contributed by atoms with Crippen LogP contribution < -0.4 is 11.1 Å². The summed E-state index contributed by atoms with van der Waals surface area (Å²) in [6.07, 6.45) is 2.44. The van der Waals surface area contributed by atoms with Gasteiger partial charge in [0.05, 0.1) is 33.3 Å². The fourth-order valence-corrected chi connectivity index (χ4v) is 4.98. The van der Waals surface area contributed by atoms with Crippen LogP contribution in [0.3, 0.4) is 0 Å². The van der Waals surface area contributed by atoms with E-state index in [1.54, 1.807) is 4.90 Å². The lowest BCUT2D eigenvalue weighted by Crippen LogP contribution is -2.45. The van der Waals surface area contributed by atoms with E-state index in [0.29, 0.717) is 25.3 Å². The first-order chi connectivity index (χ1) is 20.5. The minimum absolute atomic E-state index is 0.0612. The van der Waals surface area contributed by atoms with Crippen LogP contribution in [0.25, 0.3) is 11.3 Å². The molecule has 0 unspecified atom stereocenters. The lowest BCUT2D eigenvalue weighted by atomic mass is 9.84. The van der Waals surface area contributed by atoms with Crippen LogP contribution in [0.1, 0.15) is 44.6 Å². The maximum Gasteiger partial charge on any atom is 0.322 e. The molecule has 0 saturated heterocycles. The zero-order valence-electron chi connectivity index (χ0n) is 24.3. The van der Waals surface area contributed by atoms with Crippen molar-refractivity contribution in [2.24, 2.45) is 11.1 Å². The summed E-state index contributed by atoms with van der Waals surface area (Å²) in [5.74, 6) is 0.646. The van der Waals surface area contributed by atoms with Crippen molar-refractivity contribution in [3.63, 3.8) is 0 Å². The van der Waals surface area contributed by atoms with Crippen LogP contribution in [-0.2, 0) is 6.54 Å². The first-order valence-corrected chi connectivity index (χ1v) is 13.9. The maximum atomic E-state index is 14.0. The second-order valence-electron chi connectivity index (χ2n) is 11.3. The van der Waals surface area contributed by atoms with Gasteiger partial charge in [0.15, 0.2) is 0 Å². The zero-order valence-corrected chi connectivity index (χ0v) is 24.3. The van der Waals surface area contributed by atoms with Crippen LogP contribution in [0.15, 0.2) is 85.1 Å². The summed E-state index contributed by atoms with van der Waals surface area (Å²) in [5, 5.41) is 25.6. The Balaban J connectivity index is 1.82. The average Bonchev–Trinajstić information content (AvgIpc) is 3.37. The highest BCUT2D eigenvalue weighted by Crippen LogP contribution is 2.39. The van der Waals surface area contributed by atoms with Gasteiger partial charge in [0.25, 0.3) is 11.4 Å². The van der Waals surface area contributed by atoms with E-state index in [0.717, 1.165) is 35.0 Å². The smallest absolute Gasteiger partial charge is 0.322 e. The van der Waals surface area contributed by atoms with Crippen LogP contribution in [0.5, 0.6) is 0 Å². The Morgan fingerprint density at radius 2 is 1.56 bits per heavy atom. The number of nitrogens with two attached hydrogens (primary N) is 1. The highest BCUT2D eigenvalue weighted by atomic mass is 16.6. The predicted molar refractivity (Wildman–Crippen MR) is 165 cm³/mol. The van der Waals surface area contributed by atoms with Crippen LogP contribution >= 0.6 is 0 Å². The Hall–Kier alpha value is -5.10. The van der Waals surface area contributed by atoms with Crippen molar-refractivity contribution < 1.29 is 14.6 Å². The van der Waals surface area contributed by atoms with Gasteiger partial charge < -0.3 is 20.5 Å². The van der Waals surface area contributed by atoms with Gasteiger partial charge in [-0.2, -0.15) is 0 Å². The molecule has 1 heterocycles. The molecule has 43 heavy (non-hydrogen) atoms. The number of hydrogen-bond acceptors (Lipinski definition) is 7. The number of amides is 2. The standard InChI is InChI=1S/C31H35N7O5/c1-31(2,3)28(29-34-27(23-13-8-5-9-14-23)21-35(29)20-22-11-6-4-7-12-22)36(16-10-15-32)30(39)33-24-17-25(37(40)41)19-26(18-24)38(42)43/h4-9,11-14,17-19,21,28H,10,15-16,20,32H2,1-3H3,(H,33,39)/t28-/m0/s1. The molecule has 0 bridgehead atoms. The summed E-state index contributed by atoms with van der Waals surface area (Å²) in [6.45, 7) is 7.08. The van der Waals surface area contributed by atoms with E-state index in [1.165, 1.54) is 0 Å². The SMILES string of the molecule is CC(C)(C)[C@H](c1nc(-c2ccccc2)cn1Cc1ccccc1)N(CCCN)C(=O)Nc1cc([N+](=O)[O-])cc([N+](=O)[O-])c1. The van der Waals surface area contributed by atoms with Gasteiger partial charge in [-0.15, -0.1) is 0 Å². The van der Waals surface area contributed by atoms with Gasteiger partial charge in [0, 0.05) is 37.0 Å². The third-order valence-corrected chi connectivity index (χ3v) is 6.89. The number of rotatable bonds is 11. The largest absolute Gasteiger partial charge is 0.330 e. The molecule has 0 radical (unpaired) electrons. The second kappa shape index (κ2) is 13.3. The summed E-state index contributed by atoms with van der Waals surface area (Å²) in [6, 6.07) is 21.6. The molecule has 1 aromatic heterocycles. The van der Waals surface area contributed by atoms with E-state index in [4.69, 9.17) is 10.7 Å². The fourth-order valence-electron chi connectivity index (χ4n) is 4.98. The summed E-state index contributed by atoms with van der Waals surface area (Å²) >= 11 is 0. The first-order valence-electron chi connectivity index (χ1n) is 13.9. The Kier molecular flexibility index (Phi) is 9.51. The van der Waals surface area contributed by atoms with E-state index in [-0.39, 0.29) is 12.2 Å². The average molecular weight is 586 g/mol.